The summed E-state index contributed by atoms with van der Waals surface area (Å²) in [6.45, 7) is 1.28. The zero-order chi connectivity index (χ0) is 33.4. The largest absolute Gasteiger partial charge is 0.481 e. The molecule has 0 spiro atoms. The molecule has 7 nitrogen and oxygen atoms in total. The number of alkyl halides is 7. The molecule has 0 saturated carbocycles. The summed E-state index contributed by atoms with van der Waals surface area (Å²) in [5.74, 6) is -5.96. The molecule has 0 aliphatic rings. The monoisotopic (exact) mass is 755 g/mol. The van der Waals surface area contributed by atoms with E-state index in [4.69, 9.17) is 0 Å². The number of amides is 2. The molecule has 0 aliphatic heterocycles. The number of carbonyl (C=O) groups excluding carboxylic acids is 2. The van der Waals surface area contributed by atoms with Crippen LogP contribution in [0.3, 0.4) is 0 Å². The Morgan fingerprint density at radius 2 is 1.45 bits per heavy atom. The van der Waals surface area contributed by atoms with Crippen LogP contribution in [-0.2, 0) is 10.5 Å². The van der Waals surface area contributed by atoms with Gasteiger partial charge in [0.15, 0.2) is 5.82 Å². The molecule has 3 rings (SSSR count). The molecule has 0 fully saturated rings. The number of halogens is 10. The maximum absolute atomic E-state index is 15.3. The standard InChI is InChI=1S/C27H15Br2F8N3O4/c1-11(24(43)44)16-7-12(5-6-13(16)10-38)22(41)39-19-4-2-3-15(20(19)30)23(42)40-21-17(28)8-14(9-18(21)29)25(31,26(32,33)34)27(35,36)37/h2-9,11H,1H3,(H,39,41)(H,40,42)(H,43,44). The number of hydrogen-bond acceptors (Lipinski definition) is 4. The topological polar surface area (TPSA) is 119 Å². The second-order valence-corrected chi connectivity index (χ2v) is 10.7. The van der Waals surface area contributed by atoms with Gasteiger partial charge >= 0.3 is 24.0 Å². The zero-order valence-corrected chi connectivity index (χ0v) is 24.8. The number of carboxylic acids is 1. The van der Waals surface area contributed by atoms with Gasteiger partial charge < -0.3 is 15.7 Å². The van der Waals surface area contributed by atoms with Crippen LogP contribution in [0, 0.1) is 17.1 Å². The van der Waals surface area contributed by atoms with Crippen molar-refractivity contribution in [2.24, 2.45) is 0 Å². The van der Waals surface area contributed by atoms with E-state index in [-0.39, 0.29) is 28.8 Å². The minimum Gasteiger partial charge on any atom is -0.481 e. The third-order valence-corrected chi connectivity index (χ3v) is 7.47. The van der Waals surface area contributed by atoms with Crippen LogP contribution in [-0.4, -0.2) is 35.2 Å². The van der Waals surface area contributed by atoms with E-state index in [1.807, 2.05) is 0 Å². The van der Waals surface area contributed by atoms with Gasteiger partial charge in [0, 0.05) is 20.1 Å². The summed E-state index contributed by atoms with van der Waals surface area (Å²) < 4.78 is 108. The van der Waals surface area contributed by atoms with Crippen LogP contribution < -0.4 is 10.6 Å². The lowest BCUT2D eigenvalue weighted by atomic mass is 9.94. The highest BCUT2D eigenvalue weighted by molar-refractivity contribution is 9.11. The first kappa shape index (κ1) is 34.5. The van der Waals surface area contributed by atoms with Crippen molar-refractivity contribution >= 4 is 61.0 Å². The SMILES string of the molecule is CC(C(=O)O)c1cc(C(=O)Nc2cccc(C(=O)Nc3c(Br)cc(C(F)(C(F)(F)F)C(F)(F)F)cc3Br)c2F)ccc1C#N. The lowest BCUT2D eigenvalue weighted by molar-refractivity contribution is -0.348. The van der Waals surface area contributed by atoms with E-state index >= 15 is 4.39 Å². The van der Waals surface area contributed by atoms with Gasteiger partial charge in [-0.15, -0.1) is 0 Å². The molecule has 0 aromatic heterocycles. The van der Waals surface area contributed by atoms with Crippen molar-refractivity contribution in [1.82, 2.24) is 0 Å². The van der Waals surface area contributed by atoms with Crippen LogP contribution in [0.1, 0.15) is 50.2 Å². The number of rotatable bonds is 7. The summed E-state index contributed by atoms with van der Waals surface area (Å²) in [4.78, 5) is 37.1. The van der Waals surface area contributed by atoms with Crippen molar-refractivity contribution in [3.63, 3.8) is 0 Å². The Morgan fingerprint density at radius 1 is 0.886 bits per heavy atom. The van der Waals surface area contributed by atoms with Crippen molar-refractivity contribution in [3.05, 3.63) is 91.1 Å². The van der Waals surface area contributed by atoms with Crippen LogP contribution in [0.5, 0.6) is 0 Å². The number of benzene rings is 3. The third kappa shape index (κ3) is 6.55. The molecule has 2 amide bonds. The van der Waals surface area contributed by atoms with E-state index in [1.54, 1.807) is 6.07 Å². The number of nitriles is 1. The maximum atomic E-state index is 15.3. The second kappa shape index (κ2) is 12.5. The lowest BCUT2D eigenvalue weighted by Crippen LogP contribution is -2.50. The molecule has 17 heteroatoms. The highest BCUT2D eigenvalue weighted by Gasteiger charge is 2.73. The summed E-state index contributed by atoms with van der Waals surface area (Å²) in [7, 11) is 0. The van der Waals surface area contributed by atoms with E-state index in [2.05, 4.69) is 42.5 Å². The van der Waals surface area contributed by atoms with E-state index in [0.717, 1.165) is 24.3 Å². The van der Waals surface area contributed by atoms with Crippen LogP contribution in [0.2, 0.25) is 0 Å². The van der Waals surface area contributed by atoms with Gasteiger partial charge in [0.05, 0.1) is 34.5 Å². The fourth-order valence-electron chi connectivity index (χ4n) is 3.86. The first-order valence-electron chi connectivity index (χ1n) is 11.7. The number of carboxylic acid groups (broad SMARTS) is 1. The highest BCUT2D eigenvalue weighted by atomic mass is 79.9. The molecule has 0 radical (unpaired) electrons. The minimum atomic E-state index is -6.39. The van der Waals surface area contributed by atoms with Gasteiger partial charge in [0.25, 0.3) is 11.8 Å². The first-order chi connectivity index (χ1) is 20.2. The Kier molecular flexibility index (Phi) is 9.80. The maximum Gasteiger partial charge on any atom is 0.435 e. The van der Waals surface area contributed by atoms with Crippen molar-refractivity contribution < 1.29 is 54.6 Å². The van der Waals surface area contributed by atoms with Gasteiger partial charge in [-0.3, -0.25) is 14.4 Å². The average molecular weight is 757 g/mol. The third-order valence-electron chi connectivity index (χ3n) is 6.22. The van der Waals surface area contributed by atoms with Crippen molar-refractivity contribution in [3.8, 4) is 6.07 Å². The summed E-state index contributed by atoms with van der Waals surface area (Å²) in [5, 5.41) is 22.8. The van der Waals surface area contributed by atoms with Crippen molar-refractivity contribution in [1.29, 1.82) is 5.26 Å². The molecule has 0 saturated heterocycles. The van der Waals surface area contributed by atoms with Gasteiger partial charge in [-0.25, -0.2) is 8.78 Å². The van der Waals surface area contributed by atoms with Gasteiger partial charge in [0.1, 0.15) is 0 Å². The van der Waals surface area contributed by atoms with E-state index in [9.17, 15) is 55.5 Å². The molecule has 44 heavy (non-hydrogen) atoms. The average Bonchev–Trinajstić information content (AvgIpc) is 2.93. The quantitative estimate of drug-likeness (QED) is 0.210. The summed E-state index contributed by atoms with van der Waals surface area (Å²) in [5.41, 5.74) is -9.50. The molecule has 3 aromatic rings. The van der Waals surface area contributed by atoms with Gasteiger partial charge in [-0.2, -0.15) is 31.6 Å². The lowest BCUT2D eigenvalue weighted by Gasteiger charge is -2.31. The van der Waals surface area contributed by atoms with E-state index in [0.29, 0.717) is 0 Å². The molecule has 1 atom stereocenters. The first-order valence-corrected chi connectivity index (χ1v) is 13.3. The predicted molar refractivity (Wildman–Crippen MR) is 146 cm³/mol. The van der Waals surface area contributed by atoms with Crippen LogP contribution in [0.25, 0.3) is 0 Å². The van der Waals surface area contributed by atoms with Crippen molar-refractivity contribution in [2.75, 3.05) is 10.6 Å². The number of nitrogens with one attached hydrogen (secondary N) is 2. The number of aliphatic carboxylic acids is 1. The van der Waals surface area contributed by atoms with E-state index in [1.165, 1.54) is 19.1 Å². The minimum absolute atomic E-state index is 0.0129. The second-order valence-electron chi connectivity index (χ2n) is 9.02. The normalized spacial score (nSPS) is 12.7. The molecular formula is C27H15Br2F8N3O4. The smallest absolute Gasteiger partial charge is 0.435 e. The number of hydrogen-bond donors (Lipinski definition) is 3. The Morgan fingerprint density at radius 3 is 1.95 bits per heavy atom. The highest BCUT2D eigenvalue weighted by Crippen LogP contribution is 2.54. The molecule has 0 bridgehead atoms. The number of carbonyl (C=O) groups is 3. The molecule has 3 N–H and O–H groups in total. The van der Waals surface area contributed by atoms with Crippen LogP contribution in [0.4, 0.5) is 46.5 Å². The van der Waals surface area contributed by atoms with Gasteiger partial charge in [-0.05, 0) is 86.8 Å². The summed E-state index contributed by atoms with van der Waals surface area (Å²) in [6, 6.07) is 8.78. The Balaban J connectivity index is 1.92. The van der Waals surface area contributed by atoms with Crippen molar-refractivity contribution in [2.45, 2.75) is 30.9 Å². The fraction of sp³-hybridized carbons (Fsp3) is 0.185. The summed E-state index contributed by atoms with van der Waals surface area (Å²) >= 11 is 5.40. The fourth-order valence-corrected chi connectivity index (χ4v) is 5.24. The zero-order valence-electron chi connectivity index (χ0n) is 21.6. The molecule has 1 unspecified atom stereocenters. The Labute approximate surface area is 259 Å². The molecule has 0 aliphatic carbocycles. The Bertz CT molecular complexity index is 1670. The number of anilines is 2. The van der Waals surface area contributed by atoms with Crippen LogP contribution >= 0.6 is 31.9 Å². The molecular weight excluding hydrogens is 742 g/mol. The molecule has 232 valence electrons. The number of nitrogens with zero attached hydrogens (tertiary/aromatic N) is 1. The molecule has 3 aromatic carbocycles. The Hall–Kier alpha value is -4.04. The molecule has 0 heterocycles. The van der Waals surface area contributed by atoms with Gasteiger partial charge in [0.2, 0.25) is 0 Å². The summed E-state index contributed by atoms with van der Waals surface area (Å²) in [6.07, 6.45) is -12.8. The van der Waals surface area contributed by atoms with E-state index < -0.39 is 79.0 Å². The van der Waals surface area contributed by atoms with Crippen LogP contribution in [0.15, 0.2) is 57.5 Å². The predicted octanol–water partition coefficient (Wildman–Crippen LogP) is 8.20. The van der Waals surface area contributed by atoms with Gasteiger partial charge in [-0.1, -0.05) is 6.07 Å².